The van der Waals surface area contributed by atoms with Crippen molar-refractivity contribution in [2.45, 2.75) is 36.0 Å². The third kappa shape index (κ3) is 1.73. The summed E-state index contributed by atoms with van der Waals surface area (Å²) in [5, 5.41) is 0.616. The van der Waals surface area contributed by atoms with E-state index in [1.165, 1.54) is 0 Å². The van der Waals surface area contributed by atoms with E-state index in [2.05, 4.69) is 6.92 Å². The van der Waals surface area contributed by atoms with E-state index < -0.39 is 10.8 Å². The first kappa shape index (κ1) is 11.1. The van der Waals surface area contributed by atoms with Gasteiger partial charge >= 0.3 is 0 Å². The van der Waals surface area contributed by atoms with Gasteiger partial charge in [-0.3, -0.25) is 4.21 Å². The SMILES string of the molecule is CCCC1C(N)c2cccc(Cl)c2S1=O. The van der Waals surface area contributed by atoms with Gasteiger partial charge in [-0.1, -0.05) is 37.1 Å². The average molecular weight is 244 g/mol. The van der Waals surface area contributed by atoms with Crippen LogP contribution in [0.2, 0.25) is 5.02 Å². The summed E-state index contributed by atoms with van der Waals surface area (Å²) < 4.78 is 12.2. The molecule has 2 nitrogen and oxygen atoms in total. The molecular weight excluding hydrogens is 230 g/mol. The van der Waals surface area contributed by atoms with E-state index >= 15 is 0 Å². The zero-order valence-electron chi connectivity index (χ0n) is 8.57. The van der Waals surface area contributed by atoms with Gasteiger partial charge in [0.1, 0.15) is 0 Å². The Morgan fingerprint density at radius 1 is 1.53 bits per heavy atom. The number of hydrogen-bond donors (Lipinski definition) is 1. The molecule has 1 aliphatic rings. The van der Waals surface area contributed by atoms with Crippen LogP contribution in [-0.4, -0.2) is 9.46 Å². The second-order valence-electron chi connectivity index (χ2n) is 3.81. The number of benzene rings is 1. The van der Waals surface area contributed by atoms with Crippen molar-refractivity contribution in [1.29, 1.82) is 0 Å². The van der Waals surface area contributed by atoms with Crippen LogP contribution in [0.4, 0.5) is 0 Å². The van der Waals surface area contributed by atoms with Gasteiger partial charge in [0.05, 0.1) is 26.0 Å². The number of fused-ring (bicyclic) bond motifs is 1. The summed E-state index contributed by atoms with van der Waals surface area (Å²) in [5.74, 6) is 0. The molecule has 3 unspecified atom stereocenters. The molecule has 1 aromatic carbocycles. The van der Waals surface area contributed by atoms with E-state index in [1.54, 1.807) is 6.07 Å². The smallest absolute Gasteiger partial charge is 0.0626 e. The van der Waals surface area contributed by atoms with E-state index in [0.29, 0.717) is 5.02 Å². The number of nitrogens with two attached hydrogens (primary N) is 1. The second-order valence-corrected chi connectivity index (χ2v) is 5.82. The van der Waals surface area contributed by atoms with Gasteiger partial charge in [-0.25, -0.2) is 0 Å². The fourth-order valence-electron chi connectivity index (χ4n) is 2.06. The Balaban J connectivity index is 2.46. The number of rotatable bonds is 2. The summed E-state index contributed by atoms with van der Waals surface area (Å²) >= 11 is 6.05. The van der Waals surface area contributed by atoms with Crippen molar-refractivity contribution >= 4 is 22.4 Å². The predicted molar refractivity (Wildman–Crippen MR) is 63.5 cm³/mol. The Morgan fingerprint density at radius 3 is 2.87 bits per heavy atom. The number of halogens is 1. The molecule has 0 aliphatic carbocycles. The van der Waals surface area contributed by atoms with E-state index in [0.717, 1.165) is 23.3 Å². The molecule has 0 fully saturated rings. The lowest BCUT2D eigenvalue weighted by Gasteiger charge is -2.12. The first-order chi connectivity index (χ1) is 7.16. The van der Waals surface area contributed by atoms with Crippen LogP contribution in [0, 0.1) is 0 Å². The fourth-order valence-corrected chi connectivity index (χ4v) is 4.33. The Bertz CT molecular complexity index is 408. The van der Waals surface area contributed by atoms with Gasteiger partial charge in [0, 0.05) is 6.04 Å². The highest BCUT2D eigenvalue weighted by molar-refractivity contribution is 7.86. The maximum Gasteiger partial charge on any atom is 0.0626 e. The average Bonchev–Trinajstić information content (AvgIpc) is 2.45. The van der Waals surface area contributed by atoms with E-state index in [1.807, 2.05) is 12.1 Å². The summed E-state index contributed by atoms with van der Waals surface area (Å²) in [5.41, 5.74) is 7.04. The van der Waals surface area contributed by atoms with Crippen LogP contribution in [0.5, 0.6) is 0 Å². The monoisotopic (exact) mass is 243 g/mol. The molecule has 1 aromatic rings. The maximum absolute atomic E-state index is 12.2. The van der Waals surface area contributed by atoms with Crippen molar-refractivity contribution in [2.24, 2.45) is 5.73 Å². The van der Waals surface area contributed by atoms with Crippen LogP contribution in [0.1, 0.15) is 31.4 Å². The van der Waals surface area contributed by atoms with E-state index in [9.17, 15) is 4.21 Å². The molecule has 0 saturated carbocycles. The van der Waals surface area contributed by atoms with Crippen molar-refractivity contribution in [3.63, 3.8) is 0 Å². The normalized spacial score (nSPS) is 29.1. The summed E-state index contributed by atoms with van der Waals surface area (Å²) in [6, 6.07) is 5.45. The topological polar surface area (TPSA) is 43.1 Å². The molecule has 0 spiro atoms. The largest absolute Gasteiger partial charge is 0.323 e. The van der Waals surface area contributed by atoms with E-state index in [4.69, 9.17) is 17.3 Å². The van der Waals surface area contributed by atoms with Crippen LogP contribution in [0.25, 0.3) is 0 Å². The molecule has 2 N–H and O–H groups in total. The molecule has 0 radical (unpaired) electrons. The highest BCUT2D eigenvalue weighted by atomic mass is 35.5. The van der Waals surface area contributed by atoms with Crippen molar-refractivity contribution in [3.05, 3.63) is 28.8 Å². The highest BCUT2D eigenvalue weighted by Crippen LogP contribution is 2.40. The molecule has 2 rings (SSSR count). The summed E-state index contributed by atoms with van der Waals surface area (Å²) in [6.07, 6.45) is 1.88. The first-order valence-corrected chi connectivity index (χ1v) is 6.70. The van der Waals surface area contributed by atoms with Crippen molar-refractivity contribution in [2.75, 3.05) is 0 Å². The number of hydrogen-bond acceptors (Lipinski definition) is 2. The molecule has 1 aliphatic heterocycles. The molecule has 82 valence electrons. The van der Waals surface area contributed by atoms with Crippen molar-refractivity contribution in [1.82, 2.24) is 0 Å². The molecule has 0 bridgehead atoms. The second kappa shape index (κ2) is 4.24. The lowest BCUT2D eigenvalue weighted by molar-refractivity contribution is 0.606. The van der Waals surface area contributed by atoms with Gasteiger partial charge in [-0.15, -0.1) is 0 Å². The summed E-state index contributed by atoms with van der Waals surface area (Å²) in [4.78, 5) is 0.755. The van der Waals surface area contributed by atoms with Crippen molar-refractivity contribution in [3.8, 4) is 0 Å². The first-order valence-electron chi connectivity index (χ1n) is 5.11. The lowest BCUT2D eigenvalue weighted by Crippen LogP contribution is -2.23. The Kier molecular flexibility index (Phi) is 3.14. The third-order valence-corrected chi connectivity index (χ3v) is 5.17. The zero-order valence-corrected chi connectivity index (χ0v) is 10.1. The highest BCUT2D eigenvalue weighted by Gasteiger charge is 2.37. The van der Waals surface area contributed by atoms with Gasteiger partial charge in [0.25, 0.3) is 0 Å². The molecule has 3 atom stereocenters. The molecule has 0 amide bonds. The van der Waals surface area contributed by atoms with Crippen LogP contribution in [-0.2, 0) is 10.8 Å². The van der Waals surface area contributed by atoms with Gasteiger partial charge in [0.2, 0.25) is 0 Å². The van der Waals surface area contributed by atoms with Gasteiger partial charge < -0.3 is 5.73 Å². The van der Waals surface area contributed by atoms with Crippen molar-refractivity contribution < 1.29 is 4.21 Å². The Labute approximate surface area is 97.3 Å². The van der Waals surface area contributed by atoms with Gasteiger partial charge in [-0.05, 0) is 18.1 Å². The van der Waals surface area contributed by atoms with Crippen LogP contribution in [0.3, 0.4) is 0 Å². The molecule has 4 heteroatoms. The molecule has 15 heavy (non-hydrogen) atoms. The minimum Gasteiger partial charge on any atom is -0.323 e. The third-order valence-electron chi connectivity index (χ3n) is 2.81. The van der Waals surface area contributed by atoms with Gasteiger partial charge in [0.15, 0.2) is 0 Å². The van der Waals surface area contributed by atoms with E-state index in [-0.39, 0.29) is 11.3 Å². The predicted octanol–water partition coefficient (Wildman–Crippen LogP) is 2.63. The lowest BCUT2D eigenvalue weighted by atomic mass is 10.0. The minimum atomic E-state index is -1.03. The fraction of sp³-hybridized carbons (Fsp3) is 0.455. The summed E-state index contributed by atoms with van der Waals surface area (Å²) in [6.45, 7) is 2.08. The van der Waals surface area contributed by atoms with Crippen LogP contribution in [0.15, 0.2) is 23.1 Å². The van der Waals surface area contributed by atoms with Gasteiger partial charge in [-0.2, -0.15) is 0 Å². The van der Waals surface area contributed by atoms with Crippen LogP contribution >= 0.6 is 11.6 Å². The Morgan fingerprint density at radius 2 is 2.27 bits per heavy atom. The molecular formula is C11H14ClNOS. The molecule has 0 aromatic heterocycles. The molecule has 0 saturated heterocycles. The zero-order chi connectivity index (χ0) is 11.0. The van der Waals surface area contributed by atoms with Crippen LogP contribution < -0.4 is 5.73 Å². The quantitative estimate of drug-likeness (QED) is 0.868. The minimum absolute atomic E-state index is 0.0323. The Hall–Kier alpha value is -0.380. The summed E-state index contributed by atoms with van der Waals surface area (Å²) in [7, 11) is -1.03. The standard InChI is InChI=1S/C11H14ClNOS/c1-2-4-9-10(13)7-5-3-6-8(12)11(7)15(9)14/h3,5-6,9-10H,2,4,13H2,1H3. The molecule has 1 heterocycles. The maximum atomic E-state index is 12.2.